The molecule has 0 aliphatic carbocycles. The van der Waals surface area contributed by atoms with Crippen molar-refractivity contribution in [1.29, 1.82) is 0 Å². The molecule has 18 aromatic rings. The van der Waals surface area contributed by atoms with Crippen LogP contribution in [0.2, 0.25) is 0 Å². The zero-order valence-corrected chi connectivity index (χ0v) is 47.7. The zero-order valence-electron chi connectivity index (χ0n) is 47.7. The normalized spacial score (nSPS) is 11.9. The minimum absolute atomic E-state index is 0.634. The molecule has 0 saturated carbocycles. The summed E-state index contributed by atoms with van der Waals surface area (Å²) < 4.78 is 9.81. The summed E-state index contributed by atoms with van der Waals surface area (Å²) in [6, 6.07) is 114. The van der Waals surface area contributed by atoms with E-state index in [0.717, 1.165) is 89.6 Å². The van der Waals surface area contributed by atoms with Gasteiger partial charge in [-0.25, -0.2) is 9.97 Å². The van der Waals surface area contributed by atoms with Crippen LogP contribution in [-0.2, 0) is 0 Å². The van der Waals surface area contributed by atoms with Gasteiger partial charge in [0.1, 0.15) is 0 Å². The van der Waals surface area contributed by atoms with E-state index in [1.807, 2.05) is 0 Å². The van der Waals surface area contributed by atoms with Gasteiger partial charge in [0.15, 0.2) is 5.82 Å². The Morgan fingerprint density at radius 1 is 0.216 bits per heavy atom. The van der Waals surface area contributed by atoms with Crippen LogP contribution >= 0.6 is 0 Å². The van der Waals surface area contributed by atoms with Crippen LogP contribution in [0.25, 0.3) is 166 Å². The second-order valence-electron chi connectivity index (χ2n) is 22.8. The fraction of sp³-hybridized carbons (Fsp3) is 0. The molecule has 0 aliphatic heterocycles. The van der Waals surface area contributed by atoms with Gasteiger partial charge in [-0.1, -0.05) is 218 Å². The molecule has 6 heteroatoms. The predicted octanol–water partition coefficient (Wildman–Crippen LogP) is 21.2. The second kappa shape index (κ2) is 19.9. The molecular weight excluding hydrogens is 1070 g/mol. The van der Waals surface area contributed by atoms with Gasteiger partial charge < -0.3 is 18.3 Å². The van der Waals surface area contributed by atoms with Gasteiger partial charge in [-0.3, -0.25) is 0 Å². The van der Waals surface area contributed by atoms with Crippen LogP contribution in [0.3, 0.4) is 0 Å². The van der Waals surface area contributed by atoms with Crippen molar-refractivity contribution < 1.29 is 0 Å². The minimum atomic E-state index is 0.634. The molecule has 0 fully saturated rings. The lowest BCUT2D eigenvalue weighted by molar-refractivity contribution is 1.16. The van der Waals surface area contributed by atoms with Gasteiger partial charge in [-0.15, -0.1) is 0 Å². The molecule has 6 nitrogen and oxygen atoms in total. The average molecular weight is 1120 g/mol. The van der Waals surface area contributed by atoms with Gasteiger partial charge in [-0.05, 0) is 108 Å². The molecule has 88 heavy (non-hydrogen) atoms. The van der Waals surface area contributed by atoms with Crippen LogP contribution < -0.4 is 0 Å². The van der Waals surface area contributed by atoms with Crippen molar-refractivity contribution in [1.82, 2.24) is 28.2 Å². The lowest BCUT2D eigenvalue weighted by atomic mass is 9.92. The molecule has 13 aromatic carbocycles. The molecule has 0 bridgehead atoms. The smallest absolute Gasteiger partial charge is 0.160 e. The minimum Gasteiger partial charge on any atom is -0.309 e. The maximum atomic E-state index is 5.54. The first-order valence-corrected chi connectivity index (χ1v) is 30.1. The summed E-state index contributed by atoms with van der Waals surface area (Å²) in [4.78, 5) is 11.1. The van der Waals surface area contributed by atoms with E-state index < -0.39 is 0 Å². The lowest BCUT2D eigenvalue weighted by Gasteiger charge is -2.22. The molecule has 0 aliphatic rings. The first-order valence-electron chi connectivity index (χ1n) is 30.1. The van der Waals surface area contributed by atoms with Crippen molar-refractivity contribution in [3.8, 4) is 78.9 Å². The van der Waals surface area contributed by atoms with Gasteiger partial charge in [0.05, 0.1) is 61.2 Å². The Morgan fingerprint density at radius 2 is 0.568 bits per heavy atom. The third kappa shape index (κ3) is 7.69. The van der Waals surface area contributed by atoms with E-state index in [-0.39, 0.29) is 0 Å². The number of aromatic nitrogens is 6. The molecule has 0 spiro atoms. The number of benzene rings is 13. The van der Waals surface area contributed by atoms with E-state index in [1.165, 1.54) is 70.7 Å². The summed E-state index contributed by atoms with van der Waals surface area (Å²) in [6.07, 6.45) is 0. The van der Waals surface area contributed by atoms with Gasteiger partial charge in [0.2, 0.25) is 0 Å². The summed E-state index contributed by atoms with van der Waals surface area (Å²) >= 11 is 0. The van der Waals surface area contributed by atoms with Crippen molar-refractivity contribution in [2.45, 2.75) is 0 Å². The Hall–Kier alpha value is -11.9. The van der Waals surface area contributed by atoms with E-state index in [1.54, 1.807) is 0 Å². The molecule has 0 saturated heterocycles. The molecule has 0 radical (unpaired) electrons. The molecule has 0 N–H and O–H groups in total. The lowest BCUT2D eigenvalue weighted by Crippen LogP contribution is -2.04. The highest BCUT2D eigenvalue weighted by molar-refractivity contribution is 6.26. The van der Waals surface area contributed by atoms with Crippen molar-refractivity contribution in [3.05, 3.63) is 315 Å². The Bertz CT molecular complexity index is 5430. The largest absolute Gasteiger partial charge is 0.309 e. The van der Waals surface area contributed by atoms with E-state index in [2.05, 4.69) is 334 Å². The SMILES string of the molecule is c1ccc(-c2cc(-c3ccccc3)nc(-c3cc(-c4ccc(-n5c6ccccc6c6ccccc65)cc4)c(-n4c5ccccc5c5c4ccc4c6ccccc6n(-c6ccccc6)c45)c(-c4ccc(-n5c6ccccc6c6ccccc65)cc4)c3)n2)cc1. The van der Waals surface area contributed by atoms with Gasteiger partial charge in [0.25, 0.3) is 0 Å². The molecule has 18 rings (SSSR count). The third-order valence-electron chi connectivity index (χ3n) is 18.0. The maximum absolute atomic E-state index is 5.54. The fourth-order valence-corrected chi connectivity index (χ4v) is 14.1. The predicted molar refractivity (Wildman–Crippen MR) is 367 cm³/mol. The van der Waals surface area contributed by atoms with Gasteiger partial charge in [0, 0.05) is 88.0 Å². The van der Waals surface area contributed by atoms with Crippen molar-refractivity contribution in [3.63, 3.8) is 0 Å². The van der Waals surface area contributed by atoms with Crippen LogP contribution in [0.4, 0.5) is 0 Å². The monoisotopic (exact) mass is 1120 g/mol. The number of hydrogen-bond donors (Lipinski definition) is 0. The topological polar surface area (TPSA) is 45.5 Å². The van der Waals surface area contributed by atoms with E-state index >= 15 is 0 Å². The van der Waals surface area contributed by atoms with Crippen LogP contribution in [-0.4, -0.2) is 28.2 Å². The van der Waals surface area contributed by atoms with Crippen LogP contribution in [0.5, 0.6) is 0 Å². The van der Waals surface area contributed by atoms with Crippen LogP contribution in [0.15, 0.2) is 315 Å². The zero-order chi connectivity index (χ0) is 57.8. The summed E-state index contributed by atoms with van der Waals surface area (Å²) in [5.41, 5.74) is 22.3. The number of fused-ring (bicyclic) bond motifs is 13. The molecule has 0 amide bonds. The van der Waals surface area contributed by atoms with Crippen LogP contribution in [0.1, 0.15) is 0 Å². The van der Waals surface area contributed by atoms with Crippen molar-refractivity contribution in [2.75, 3.05) is 0 Å². The maximum Gasteiger partial charge on any atom is 0.160 e. The van der Waals surface area contributed by atoms with Gasteiger partial charge in [-0.2, -0.15) is 0 Å². The number of hydrogen-bond acceptors (Lipinski definition) is 2. The van der Waals surface area contributed by atoms with E-state index in [9.17, 15) is 0 Å². The third-order valence-corrected chi connectivity index (χ3v) is 18.0. The molecular formula is C82H52N6. The summed E-state index contributed by atoms with van der Waals surface area (Å²) in [7, 11) is 0. The van der Waals surface area contributed by atoms with E-state index in [0.29, 0.717) is 5.82 Å². The van der Waals surface area contributed by atoms with Crippen molar-refractivity contribution >= 4 is 87.2 Å². The number of rotatable bonds is 9. The average Bonchev–Trinajstić information content (AvgIpc) is 1.91. The standard InChI is InChI=1S/C82H52N6/c1-4-22-55(23-5-1)70-52-71(56-24-6-2-7-25-56)84-82(83-70)57-50-68(53-40-44-59(45-41-53)85-72-34-16-10-28-61(72)62-29-11-17-35-73(62)85)80(69(51-57)54-42-46-60(47-43-54)86-74-36-18-12-30-63(74)64-31-13-19-37-75(64)86)88-77-39-21-15-33-67(77)79-78(88)49-48-66-65-32-14-20-38-76(65)87(81(66)79)58-26-8-3-9-27-58/h1-52H. The second-order valence-corrected chi connectivity index (χ2v) is 22.8. The van der Waals surface area contributed by atoms with Gasteiger partial charge >= 0.3 is 0 Å². The highest BCUT2D eigenvalue weighted by Crippen LogP contribution is 2.48. The molecule has 0 unspecified atom stereocenters. The molecule has 5 heterocycles. The quantitative estimate of drug-likeness (QED) is 0.145. The number of nitrogens with zero attached hydrogens (tertiary/aromatic N) is 6. The van der Waals surface area contributed by atoms with Crippen LogP contribution in [0, 0.1) is 0 Å². The Kier molecular flexibility index (Phi) is 11.2. The first-order chi connectivity index (χ1) is 43.7. The number of para-hydroxylation sites is 7. The Labute approximate surface area is 507 Å². The first kappa shape index (κ1) is 49.6. The highest BCUT2D eigenvalue weighted by Gasteiger charge is 2.27. The molecule has 410 valence electrons. The summed E-state index contributed by atoms with van der Waals surface area (Å²) in [5.74, 6) is 0.634. The van der Waals surface area contributed by atoms with Crippen molar-refractivity contribution in [2.24, 2.45) is 0 Å². The Morgan fingerprint density at radius 3 is 1.01 bits per heavy atom. The fourth-order valence-electron chi connectivity index (χ4n) is 14.1. The highest BCUT2D eigenvalue weighted by atomic mass is 15.0. The molecule has 0 atom stereocenters. The summed E-state index contributed by atoms with van der Waals surface area (Å²) in [6.45, 7) is 0. The molecule has 5 aromatic heterocycles. The summed E-state index contributed by atoms with van der Waals surface area (Å²) in [5, 5.41) is 9.68. The van der Waals surface area contributed by atoms with E-state index in [4.69, 9.17) is 9.97 Å². The Balaban J connectivity index is 0.962.